The highest BCUT2D eigenvalue weighted by molar-refractivity contribution is 6.07. The van der Waals surface area contributed by atoms with Crippen molar-refractivity contribution in [2.24, 2.45) is 4.99 Å². The number of nitrogens with zero attached hydrogens (tertiary/aromatic N) is 5. The van der Waals surface area contributed by atoms with Crippen LogP contribution in [0.2, 0.25) is 0 Å². The number of fused-ring (bicyclic) bond motifs is 4. The van der Waals surface area contributed by atoms with Gasteiger partial charge in [0, 0.05) is 50.0 Å². The van der Waals surface area contributed by atoms with Gasteiger partial charge in [0.25, 0.3) is 0 Å². The van der Waals surface area contributed by atoms with Gasteiger partial charge in [-0.1, -0.05) is 6.07 Å². The molecule has 0 saturated carbocycles. The van der Waals surface area contributed by atoms with Crippen LogP contribution in [0.25, 0.3) is 11.1 Å². The van der Waals surface area contributed by atoms with Crippen molar-refractivity contribution < 1.29 is 4.79 Å². The zero-order chi connectivity index (χ0) is 21.4. The Morgan fingerprint density at radius 3 is 2.84 bits per heavy atom. The molecule has 3 aromatic rings. The van der Waals surface area contributed by atoms with E-state index in [-0.39, 0.29) is 12.1 Å². The first kappa shape index (κ1) is 19.2. The second-order valence-electron chi connectivity index (χ2n) is 7.91. The minimum atomic E-state index is -0.153. The number of aromatic nitrogens is 2. The highest BCUT2D eigenvalue weighted by atomic mass is 16.2. The highest BCUT2D eigenvalue weighted by Crippen LogP contribution is 2.43. The molecule has 156 valence electrons. The van der Waals surface area contributed by atoms with Crippen LogP contribution in [0, 0.1) is 6.92 Å². The molecule has 7 nitrogen and oxygen atoms in total. The molecule has 4 heterocycles. The van der Waals surface area contributed by atoms with Gasteiger partial charge in [-0.15, -0.1) is 0 Å². The van der Waals surface area contributed by atoms with Gasteiger partial charge in [0.05, 0.1) is 17.4 Å². The maximum Gasteiger partial charge on any atom is 0.327 e. The van der Waals surface area contributed by atoms with Gasteiger partial charge in [-0.25, -0.2) is 9.78 Å². The smallest absolute Gasteiger partial charge is 0.327 e. The van der Waals surface area contributed by atoms with Crippen molar-refractivity contribution >= 4 is 29.4 Å². The van der Waals surface area contributed by atoms with Gasteiger partial charge >= 0.3 is 6.03 Å². The first-order valence-corrected chi connectivity index (χ1v) is 10.4. The van der Waals surface area contributed by atoms with Crippen LogP contribution in [0.4, 0.5) is 22.0 Å². The average Bonchev–Trinajstić information content (AvgIpc) is 3.19. The van der Waals surface area contributed by atoms with Gasteiger partial charge in [-0.05, 0) is 60.9 Å². The minimum Gasteiger partial charge on any atom is -0.368 e. The molecule has 31 heavy (non-hydrogen) atoms. The molecular weight excluding hydrogens is 388 g/mol. The van der Waals surface area contributed by atoms with Crippen molar-refractivity contribution in [3.8, 4) is 11.1 Å². The van der Waals surface area contributed by atoms with E-state index in [0.29, 0.717) is 5.82 Å². The number of anilines is 3. The van der Waals surface area contributed by atoms with Crippen molar-refractivity contribution in [1.29, 1.82) is 0 Å². The molecule has 1 aromatic carbocycles. The Balaban J connectivity index is 1.62. The van der Waals surface area contributed by atoms with E-state index < -0.39 is 0 Å². The zero-order valence-corrected chi connectivity index (χ0v) is 17.6. The van der Waals surface area contributed by atoms with Crippen LogP contribution in [0.1, 0.15) is 17.7 Å². The van der Waals surface area contributed by atoms with Crippen LogP contribution >= 0.6 is 0 Å². The Bertz CT molecular complexity index is 1160. The first-order chi connectivity index (χ1) is 15.1. The Hall–Kier alpha value is -3.74. The number of aliphatic imine (C=N–C) groups is 1. The fourth-order valence-corrected chi connectivity index (χ4v) is 4.50. The maximum atomic E-state index is 13.4. The van der Waals surface area contributed by atoms with E-state index in [1.54, 1.807) is 19.3 Å². The van der Waals surface area contributed by atoms with Crippen molar-refractivity contribution in [2.45, 2.75) is 19.4 Å². The number of benzene rings is 1. The van der Waals surface area contributed by atoms with Crippen LogP contribution in [-0.4, -0.2) is 48.4 Å². The third-order valence-corrected chi connectivity index (χ3v) is 5.87. The fourth-order valence-electron chi connectivity index (χ4n) is 4.50. The van der Waals surface area contributed by atoms with Gasteiger partial charge in [-0.2, -0.15) is 0 Å². The van der Waals surface area contributed by atoms with Crippen LogP contribution < -0.4 is 15.1 Å². The normalized spacial score (nSPS) is 17.2. The van der Waals surface area contributed by atoms with E-state index in [2.05, 4.69) is 43.4 Å². The Labute approximate surface area is 181 Å². The van der Waals surface area contributed by atoms with Crippen molar-refractivity contribution in [2.75, 3.05) is 35.3 Å². The maximum absolute atomic E-state index is 13.4. The molecule has 0 radical (unpaired) electrons. The largest absolute Gasteiger partial charge is 0.368 e. The predicted octanol–water partition coefficient (Wildman–Crippen LogP) is 4.13. The summed E-state index contributed by atoms with van der Waals surface area (Å²) in [6, 6.07) is 13.8. The van der Waals surface area contributed by atoms with Crippen molar-refractivity contribution in [3.05, 3.63) is 66.1 Å². The first-order valence-electron chi connectivity index (χ1n) is 10.4. The molecule has 1 atom stereocenters. The fraction of sp³-hybridized carbons (Fsp3) is 0.250. The van der Waals surface area contributed by atoms with E-state index in [0.717, 1.165) is 53.3 Å². The second-order valence-corrected chi connectivity index (χ2v) is 7.91. The van der Waals surface area contributed by atoms with Gasteiger partial charge in [0.2, 0.25) is 0 Å². The molecule has 0 spiro atoms. The molecule has 1 N–H and O–H groups in total. The third kappa shape index (κ3) is 3.52. The lowest BCUT2D eigenvalue weighted by Gasteiger charge is -2.37. The molecule has 1 fully saturated rings. The lowest BCUT2D eigenvalue weighted by Crippen LogP contribution is -2.48. The van der Waals surface area contributed by atoms with E-state index in [1.165, 1.54) is 0 Å². The number of nitrogens with one attached hydrogen (secondary N) is 1. The minimum absolute atomic E-state index is 0.133. The Morgan fingerprint density at radius 1 is 1.16 bits per heavy atom. The monoisotopic (exact) mass is 412 g/mol. The van der Waals surface area contributed by atoms with E-state index in [1.807, 2.05) is 42.4 Å². The zero-order valence-electron chi connectivity index (χ0n) is 17.6. The van der Waals surface area contributed by atoms with Gasteiger partial charge < -0.3 is 4.90 Å². The molecule has 0 unspecified atom stereocenters. The molecule has 0 aliphatic carbocycles. The molecule has 2 amide bonds. The van der Waals surface area contributed by atoms with Crippen LogP contribution in [0.15, 0.2) is 59.9 Å². The molecule has 2 bridgehead atoms. The molecule has 5 rings (SSSR count). The number of aryl methyl sites for hydroxylation is 1. The number of pyridine rings is 2. The summed E-state index contributed by atoms with van der Waals surface area (Å²) < 4.78 is 0. The van der Waals surface area contributed by atoms with Crippen molar-refractivity contribution in [3.63, 3.8) is 0 Å². The number of hydrogen-bond donors (Lipinski definition) is 1. The standard InChI is InChI=1S/C24H24N6O/c1-16-11-17(6-9-26-16)20-13-22-21(12-18(20)14-25-2)29-10-7-19(15-29)30(22)24(31)28-23-5-3-4-8-27-23/h3-6,8-9,11-14,19H,7,10,15H2,1-2H3,(H,27,28,31)/b25-14+/t19-/m0/s1. The average molecular weight is 412 g/mol. The van der Waals surface area contributed by atoms with Crippen LogP contribution in [-0.2, 0) is 0 Å². The van der Waals surface area contributed by atoms with E-state index in [4.69, 9.17) is 0 Å². The van der Waals surface area contributed by atoms with Gasteiger partial charge in [0.15, 0.2) is 0 Å². The second kappa shape index (κ2) is 7.83. The number of hydrogen-bond acceptors (Lipinski definition) is 5. The van der Waals surface area contributed by atoms with E-state index >= 15 is 0 Å². The predicted molar refractivity (Wildman–Crippen MR) is 124 cm³/mol. The van der Waals surface area contributed by atoms with Crippen LogP contribution in [0.5, 0.6) is 0 Å². The number of carbonyl (C=O) groups excluding carboxylic acids is 1. The summed E-state index contributed by atoms with van der Waals surface area (Å²) in [5.41, 5.74) is 6.05. The quantitative estimate of drug-likeness (QED) is 0.657. The van der Waals surface area contributed by atoms with E-state index in [9.17, 15) is 4.79 Å². The molecular formula is C24H24N6O. The van der Waals surface area contributed by atoms with Gasteiger partial charge in [-0.3, -0.25) is 20.2 Å². The Kier molecular flexibility index (Phi) is 4.86. The molecule has 7 heteroatoms. The van der Waals surface area contributed by atoms with Crippen molar-refractivity contribution in [1.82, 2.24) is 9.97 Å². The summed E-state index contributed by atoms with van der Waals surface area (Å²) in [6.45, 7) is 3.74. The molecule has 2 aliphatic rings. The molecule has 1 saturated heterocycles. The lowest BCUT2D eigenvalue weighted by molar-refractivity contribution is 0.255. The van der Waals surface area contributed by atoms with Crippen LogP contribution in [0.3, 0.4) is 0 Å². The Morgan fingerprint density at radius 2 is 2.06 bits per heavy atom. The number of amides is 2. The summed E-state index contributed by atoms with van der Waals surface area (Å²) in [7, 11) is 1.78. The lowest BCUT2D eigenvalue weighted by atomic mass is 9.96. The van der Waals surface area contributed by atoms with Gasteiger partial charge in [0.1, 0.15) is 5.82 Å². The molecule has 2 aromatic heterocycles. The number of carbonyl (C=O) groups is 1. The number of urea groups is 1. The number of rotatable bonds is 3. The summed E-state index contributed by atoms with van der Waals surface area (Å²) >= 11 is 0. The summed E-state index contributed by atoms with van der Waals surface area (Å²) in [5.74, 6) is 0.550. The topological polar surface area (TPSA) is 73.7 Å². The summed E-state index contributed by atoms with van der Waals surface area (Å²) in [5, 5.41) is 2.96. The highest BCUT2D eigenvalue weighted by Gasteiger charge is 2.39. The third-order valence-electron chi connectivity index (χ3n) is 5.87. The summed E-state index contributed by atoms with van der Waals surface area (Å²) in [6.07, 6.45) is 6.31. The molecule has 2 aliphatic heterocycles. The SMILES string of the molecule is C/N=C/c1cc2c(cc1-c1ccnc(C)c1)N(C(=O)Nc1ccccn1)[C@H]1CCN2C1. The summed E-state index contributed by atoms with van der Waals surface area (Å²) in [4.78, 5) is 30.5.